The molecular formula is C33H31F3N4O4. The van der Waals surface area contributed by atoms with Gasteiger partial charge in [0, 0.05) is 42.7 Å². The Morgan fingerprint density at radius 3 is 2.55 bits per heavy atom. The van der Waals surface area contributed by atoms with Crippen molar-refractivity contribution in [3.63, 3.8) is 0 Å². The van der Waals surface area contributed by atoms with Crippen LogP contribution < -0.4 is 10.9 Å². The number of carbonyl (C=O) groups excluding carboxylic acids is 2. The number of halogens is 3. The molecule has 228 valence electrons. The summed E-state index contributed by atoms with van der Waals surface area (Å²) in [6, 6.07) is 14.1. The average molecular weight is 605 g/mol. The zero-order valence-electron chi connectivity index (χ0n) is 24.4. The van der Waals surface area contributed by atoms with E-state index in [9.17, 15) is 27.6 Å². The van der Waals surface area contributed by atoms with Crippen molar-refractivity contribution in [2.45, 2.75) is 51.6 Å². The zero-order valence-corrected chi connectivity index (χ0v) is 24.4. The van der Waals surface area contributed by atoms with Gasteiger partial charge >= 0.3 is 12.1 Å². The molecule has 2 atom stereocenters. The van der Waals surface area contributed by atoms with Gasteiger partial charge in [-0.1, -0.05) is 42.0 Å². The van der Waals surface area contributed by atoms with Gasteiger partial charge in [0.1, 0.15) is 6.04 Å². The van der Waals surface area contributed by atoms with E-state index in [0.29, 0.717) is 29.7 Å². The second-order valence-electron chi connectivity index (χ2n) is 11.0. The first-order valence-electron chi connectivity index (χ1n) is 14.0. The van der Waals surface area contributed by atoms with Gasteiger partial charge in [-0.3, -0.25) is 19.5 Å². The fourth-order valence-corrected chi connectivity index (χ4v) is 5.46. The number of aromatic amines is 1. The molecule has 8 nitrogen and oxygen atoms in total. The van der Waals surface area contributed by atoms with Crippen molar-refractivity contribution >= 4 is 22.8 Å². The number of hydrogen-bond donors (Lipinski definition) is 2. The number of nitrogens with one attached hydrogen (secondary N) is 2. The number of methoxy groups -OCH3 is 1. The Balaban J connectivity index is 1.37. The number of ether oxygens (including phenoxy) is 1. The molecule has 4 aromatic rings. The zero-order chi connectivity index (χ0) is 31.6. The SMILES string of the molecule is COC(=O)C(Cc1cc(=O)[nH]c2ccccc12)NC(=O)c1cnc2c(c1)CN(Cc1ccc(C(F)(F)F)cc1)C2C=C(C)C. The Bertz CT molecular complexity index is 1790. The Hall–Kier alpha value is -4.77. The van der Waals surface area contributed by atoms with Crippen molar-refractivity contribution in [2.75, 3.05) is 7.11 Å². The molecule has 11 heteroatoms. The lowest BCUT2D eigenvalue weighted by atomic mass is 10.0. The molecule has 2 aromatic carbocycles. The van der Waals surface area contributed by atoms with E-state index in [0.717, 1.165) is 34.3 Å². The van der Waals surface area contributed by atoms with Crippen molar-refractivity contribution in [2.24, 2.45) is 0 Å². The summed E-state index contributed by atoms with van der Waals surface area (Å²) in [5.74, 6) is -1.20. The number of benzene rings is 2. The lowest BCUT2D eigenvalue weighted by Crippen LogP contribution is -2.43. The predicted octanol–water partition coefficient (Wildman–Crippen LogP) is 5.48. The highest BCUT2D eigenvalue weighted by Gasteiger charge is 2.33. The largest absolute Gasteiger partial charge is 0.467 e. The summed E-state index contributed by atoms with van der Waals surface area (Å²) in [5, 5.41) is 3.48. The average Bonchev–Trinajstić information content (AvgIpc) is 3.31. The molecule has 0 radical (unpaired) electrons. The number of para-hydroxylation sites is 1. The molecule has 0 saturated carbocycles. The van der Waals surface area contributed by atoms with Crippen LogP contribution in [0.3, 0.4) is 0 Å². The van der Waals surface area contributed by atoms with E-state index in [1.54, 1.807) is 18.2 Å². The number of pyridine rings is 2. The van der Waals surface area contributed by atoms with Crippen molar-refractivity contribution in [1.82, 2.24) is 20.2 Å². The molecule has 0 fully saturated rings. The van der Waals surface area contributed by atoms with Crippen LogP contribution in [0.5, 0.6) is 0 Å². The maximum atomic E-state index is 13.4. The minimum absolute atomic E-state index is 0.0325. The van der Waals surface area contributed by atoms with Gasteiger partial charge in [0.05, 0.1) is 30.0 Å². The van der Waals surface area contributed by atoms with Gasteiger partial charge in [0.25, 0.3) is 5.91 Å². The summed E-state index contributed by atoms with van der Waals surface area (Å²) in [5.41, 5.74) is 3.68. The van der Waals surface area contributed by atoms with Crippen LogP contribution in [0, 0.1) is 0 Å². The van der Waals surface area contributed by atoms with Crippen molar-refractivity contribution in [1.29, 1.82) is 0 Å². The summed E-state index contributed by atoms with van der Waals surface area (Å²) in [4.78, 5) is 47.8. The van der Waals surface area contributed by atoms with Crippen molar-refractivity contribution in [3.05, 3.63) is 122 Å². The number of allylic oxidation sites excluding steroid dienone is 1. The van der Waals surface area contributed by atoms with Crippen LogP contribution in [0.4, 0.5) is 13.2 Å². The first kappa shape index (κ1) is 30.7. The van der Waals surface area contributed by atoms with E-state index in [2.05, 4.69) is 20.2 Å². The Morgan fingerprint density at radius 1 is 1.14 bits per heavy atom. The van der Waals surface area contributed by atoms with Gasteiger partial charge in [-0.2, -0.15) is 13.2 Å². The van der Waals surface area contributed by atoms with Crippen LogP contribution in [0.1, 0.15) is 58.2 Å². The molecule has 2 unspecified atom stereocenters. The van der Waals surface area contributed by atoms with Crippen LogP contribution in [0.15, 0.2) is 83.3 Å². The van der Waals surface area contributed by atoms with Gasteiger partial charge in [-0.25, -0.2) is 4.79 Å². The van der Waals surface area contributed by atoms with Gasteiger partial charge in [0.2, 0.25) is 5.56 Å². The molecule has 2 aromatic heterocycles. The fraction of sp³-hybridized carbons (Fsp3) is 0.273. The number of H-pyrrole nitrogens is 1. The first-order valence-corrected chi connectivity index (χ1v) is 14.0. The number of nitrogens with zero attached hydrogens (tertiary/aromatic N) is 2. The number of esters is 1. The minimum Gasteiger partial charge on any atom is -0.467 e. The molecule has 0 bridgehead atoms. The monoisotopic (exact) mass is 604 g/mol. The molecular weight excluding hydrogens is 573 g/mol. The number of rotatable bonds is 8. The smallest absolute Gasteiger partial charge is 0.416 e. The molecule has 3 heterocycles. The highest BCUT2D eigenvalue weighted by atomic mass is 19.4. The third-order valence-corrected chi connectivity index (χ3v) is 7.52. The molecule has 44 heavy (non-hydrogen) atoms. The summed E-state index contributed by atoms with van der Waals surface area (Å²) in [6.07, 6.45) is -0.904. The van der Waals surface area contributed by atoms with E-state index in [-0.39, 0.29) is 23.6 Å². The fourth-order valence-electron chi connectivity index (χ4n) is 5.46. The second-order valence-corrected chi connectivity index (χ2v) is 11.0. The molecule has 2 N–H and O–H groups in total. The highest BCUT2D eigenvalue weighted by Crippen LogP contribution is 2.36. The topological polar surface area (TPSA) is 104 Å². The van der Waals surface area contributed by atoms with E-state index in [1.807, 2.05) is 32.1 Å². The number of hydrogen-bond acceptors (Lipinski definition) is 6. The first-order chi connectivity index (χ1) is 20.9. The van der Waals surface area contributed by atoms with Crippen LogP contribution in [-0.2, 0) is 35.2 Å². The summed E-state index contributed by atoms with van der Waals surface area (Å²) in [7, 11) is 1.23. The van der Waals surface area contributed by atoms with E-state index < -0.39 is 29.7 Å². The van der Waals surface area contributed by atoms with E-state index in [4.69, 9.17) is 4.74 Å². The molecule has 1 aliphatic heterocycles. The van der Waals surface area contributed by atoms with Gasteiger partial charge in [-0.15, -0.1) is 0 Å². The third kappa shape index (κ3) is 6.73. The maximum absolute atomic E-state index is 13.4. The lowest BCUT2D eigenvalue weighted by Gasteiger charge is -2.22. The summed E-state index contributed by atoms with van der Waals surface area (Å²) in [6.45, 7) is 4.69. The number of alkyl halides is 3. The molecule has 0 spiro atoms. The van der Waals surface area contributed by atoms with Crippen molar-refractivity contribution < 1.29 is 27.5 Å². The van der Waals surface area contributed by atoms with Gasteiger partial charge in [0.15, 0.2) is 0 Å². The Kier molecular flexibility index (Phi) is 8.68. The normalized spacial score (nSPS) is 15.5. The number of carbonyl (C=O) groups is 2. The number of fused-ring (bicyclic) bond motifs is 2. The van der Waals surface area contributed by atoms with Crippen LogP contribution in [-0.4, -0.2) is 39.9 Å². The van der Waals surface area contributed by atoms with Crippen LogP contribution in [0.25, 0.3) is 10.9 Å². The molecule has 1 amide bonds. The standard InChI is InChI=1S/C33H31F3N4O4/c1-19(2)12-28-30-23(18-40(28)17-20-8-10-24(11-9-20)33(34,35)36)13-22(16-37-30)31(42)39-27(32(43)44-3)14-21-15-29(41)38-26-7-5-4-6-25(21)26/h4-13,15-16,27-28H,14,17-18H2,1-3H3,(H,38,41)(H,39,42). The predicted molar refractivity (Wildman–Crippen MR) is 159 cm³/mol. The number of amides is 1. The lowest BCUT2D eigenvalue weighted by molar-refractivity contribution is -0.142. The van der Waals surface area contributed by atoms with Gasteiger partial charge in [-0.05, 0) is 54.8 Å². The minimum atomic E-state index is -4.41. The Morgan fingerprint density at radius 2 is 1.86 bits per heavy atom. The summed E-state index contributed by atoms with van der Waals surface area (Å²) < 4.78 is 44.1. The van der Waals surface area contributed by atoms with Crippen molar-refractivity contribution in [3.8, 4) is 0 Å². The van der Waals surface area contributed by atoms with E-state index in [1.165, 1.54) is 31.5 Å². The number of aromatic nitrogens is 2. The molecule has 0 aliphatic carbocycles. The van der Waals surface area contributed by atoms with E-state index >= 15 is 0 Å². The van der Waals surface area contributed by atoms with Gasteiger partial charge < -0.3 is 15.0 Å². The molecule has 1 aliphatic rings. The quantitative estimate of drug-likeness (QED) is 0.204. The third-order valence-electron chi connectivity index (χ3n) is 7.52. The molecule has 5 rings (SSSR count). The summed E-state index contributed by atoms with van der Waals surface area (Å²) >= 11 is 0. The second kappa shape index (κ2) is 12.5. The maximum Gasteiger partial charge on any atom is 0.416 e. The highest BCUT2D eigenvalue weighted by molar-refractivity contribution is 5.97. The Labute approximate surface area is 251 Å². The van der Waals surface area contributed by atoms with Crippen LogP contribution >= 0.6 is 0 Å². The molecule has 0 saturated heterocycles. The van der Waals surface area contributed by atoms with Crippen LogP contribution in [0.2, 0.25) is 0 Å².